The Kier molecular flexibility index (Phi) is 5.03. The van der Waals surface area contributed by atoms with Crippen LogP contribution in [0.1, 0.15) is 11.3 Å². The van der Waals surface area contributed by atoms with Crippen LogP contribution < -0.4 is 5.32 Å². The molecule has 136 valence electrons. The van der Waals surface area contributed by atoms with Crippen LogP contribution in [0.5, 0.6) is 0 Å². The predicted octanol–water partition coefficient (Wildman–Crippen LogP) is 3.96. The second-order valence-electron chi connectivity index (χ2n) is 5.12. The van der Waals surface area contributed by atoms with Crippen LogP contribution in [-0.4, -0.2) is 10.9 Å². The molecule has 0 unspecified atom stereocenters. The molecule has 10 heteroatoms. The van der Waals surface area contributed by atoms with Gasteiger partial charge in [0.2, 0.25) is 11.7 Å². The Morgan fingerprint density at radius 2 is 1.73 bits per heavy atom. The lowest BCUT2D eigenvalue weighted by Gasteiger charge is -2.08. The highest BCUT2D eigenvalue weighted by Gasteiger charge is 2.26. The van der Waals surface area contributed by atoms with Crippen molar-refractivity contribution < 1.29 is 31.2 Å². The van der Waals surface area contributed by atoms with Crippen molar-refractivity contribution in [3.63, 3.8) is 0 Å². The van der Waals surface area contributed by atoms with E-state index in [-0.39, 0.29) is 6.54 Å². The van der Waals surface area contributed by atoms with E-state index in [0.29, 0.717) is 16.5 Å². The Bertz CT molecular complexity index is 927. The molecule has 3 rings (SSSR count). The Labute approximate surface area is 147 Å². The molecule has 0 aliphatic heterocycles. The first-order valence-electron chi connectivity index (χ1n) is 7.13. The van der Waals surface area contributed by atoms with Crippen LogP contribution in [0.3, 0.4) is 0 Å². The van der Waals surface area contributed by atoms with E-state index in [9.17, 15) is 26.7 Å². The number of carbonyl (C=O) groups excluding carboxylic acids is 1. The van der Waals surface area contributed by atoms with Crippen molar-refractivity contribution in [3.8, 4) is 10.8 Å². The fourth-order valence-corrected chi connectivity index (χ4v) is 2.91. The molecular formula is C16H9F5N2O2S. The molecule has 0 bridgehead atoms. The van der Waals surface area contributed by atoms with Gasteiger partial charge in [-0.25, -0.2) is 26.9 Å². The third kappa shape index (κ3) is 3.45. The number of amides is 1. The molecule has 0 saturated heterocycles. The number of aromatic nitrogens is 1. The second kappa shape index (κ2) is 7.24. The summed E-state index contributed by atoms with van der Waals surface area (Å²) in [7, 11) is 0. The average molecular weight is 388 g/mol. The fraction of sp³-hybridized carbons (Fsp3) is 0.125. The monoisotopic (exact) mass is 388 g/mol. The summed E-state index contributed by atoms with van der Waals surface area (Å²) >= 11 is 1.26. The maximum atomic E-state index is 13.6. The number of benzene rings is 1. The summed E-state index contributed by atoms with van der Waals surface area (Å²) < 4.78 is 71.5. The summed E-state index contributed by atoms with van der Waals surface area (Å²) in [6.07, 6.45) is 0.475. The molecule has 26 heavy (non-hydrogen) atoms. The van der Waals surface area contributed by atoms with E-state index >= 15 is 0 Å². The van der Waals surface area contributed by atoms with Crippen LogP contribution in [0.4, 0.5) is 22.0 Å². The number of furan rings is 1. The molecule has 1 aromatic carbocycles. The molecule has 0 atom stereocenters. The van der Waals surface area contributed by atoms with E-state index in [2.05, 4.69) is 10.3 Å². The van der Waals surface area contributed by atoms with Crippen molar-refractivity contribution >= 4 is 17.2 Å². The molecule has 3 aromatic rings. The number of carbonyl (C=O) groups is 1. The first-order chi connectivity index (χ1) is 12.4. The number of thiazole rings is 1. The number of hydrogen-bond acceptors (Lipinski definition) is 4. The molecular weight excluding hydrogens is 379 g/mol. The summed E-state index contributed by atoms with van der Waals surface area (Å²) in [6, 6.07) is 3.38. The molecule has 0 saturated carbocycles. The molecule has 2 aromatic heterocycles. The Hall–Kier alpha value is -2.75. The SMILES string of the molecule is O=C(Cc1c(F)c(F)c(F)c(F)c1F)NCc1csc(-c2ccco2)n1. The van der Waals surface area contributed by atoms with Gasteiger partial charge in [0, 0.05) is 10.9 Å². The molecule has 4 nitrogen and oxygen atoms in total. The zero-order chi connectivity index (χ0) is 18.8. The largest absolute Gasteiger partial charge is 0.462 e. The minimum absolute atomic E-state index is 0.0779. The second-order valence-corrected chi connectivity index (χ2v) is 5.98. The lowest BCUT2D eigenvalue weighted by Crippen LogP contribution is -2.26. The van der Waals surface area contributed by atoms with Crippen LogP contribution in [0.25, 0.3) is 10.8 Å². The summed E-state index contributed by atoms with van der Waals surface area (Å²) in [5.74, 6) is -10.9. The van der Waals surface area contributed by atoms with Crippen LogP contribution >= 0.6 is 11.3 Å². The molecule has 0 spiro atoms. The van der Waals surface area contributed by atoms with E-state index in [4.69, 9.17) is 4.42 Å². The lowest BCUT2D eigenvalue weighted by atomic mass is 10.1. The fourth-order valence-electron chi connectivity index (χ4n) is 2.12. The van der Waals surface area contributed by atoms with Crippen molar-refractivity contribution in [3.05, 3.63) is 64.1 Å². The minimum Gasteiger partial charge on any atom is -0.462 e. The molecule has 1 amide bonds. The molecule has 1 N–H and O–H groups in total. The van der Waals surface area contributed by atoms with E-state index in [0.717, 1.165) is 0 Å². The van der Waals surface area contributed by atoms with Crippen molar-refractivity contribution in [2.75, 3.05) is 0 Å². The van der Waals surface area contributed by atoms with E-state index in [1.54, 1.807) is 17.5 Å². The van der Waals surface area contributed by atoms with Gasteiger partial charge in [0.15, 0.2) is 34.0 Å². The standard InChI is InChI=1S/C16H9F5N2O2S/c17-11-8(12(18)14(20)15(21)13(11)19)4-10(24)22-5-7-6-26-16(23-7)9-2-1-3-25-9/h1-3,6H,4-5H2,(H,22,24). The smallest absolute Gasteiger partial charge is 0.224 e. The first-order valence-corrected chi connectivity index (χ1v) is 8.01. The number of hydrogen-bond donors (Lipinski definition) is 1. The van der Waals surface area contributed by atoms with E-state index in [1.807, 2.05) is 0 Å². The van der Waals surface area contributed by atoms with Crippen LogP contribution in [-0.2, 0) is 17.8 Å². The number of nitrogens with zero attached hydrogens (tertiary/aromatic N) is 1. The number of nitrogens with one attached hydrogen (secondary N) is 1. The van der Waals surface area contributed by atoms with Gasteiger partial charge < -0.3 is 9.73 Å². The van der Waals surface area contributed by atoms with Gasteiger partial charge in [0.1, 0.15) is 0 Å². The maximum Gasteiger partial charge on any atom is 0.224 e. The predicted molar refractivity (Wildman–Crippen MR) is 81.6 cm³/mol. The van der Waals surface area contributed by atoms with Gasteiger partial charge in [-0.2, -0.15) is 0 Å². The van der Waals surface area contributed by atoms with Gasteiger partial charge in [-0.15, -0.1) is 11.3 Å². The summed E-state index contributed by atoms with van der Waals surface area (Å²) in [5.41, 5.74) is -0.736. The Morgan fingerprint density at radius 3 is 2.35 bits per heavy atom. The van der Waals surface area contributed by atoms with Crippen molar-refractivity contribution in [2.24, 2.45) is 0 Å². The van der Waals surface area contributed by atoms with E-state index in [1.165, 1.54) is 17.6 Å². The third-order valence-corrected chi connectivity index (χ3v) is 4.29. The summed E-state index contributed by atoms with van der Waals surface area (Å²) in [6.45, 7) is -0.0779. The highest BCUT2D eigenvalue weighted by atomic mass is 32.1. The molecule has 0 aliphatic carbocycles. The zero-order valence-electron chi connectivity index (χ0n) is 12.8. The number of rotatable bonds is 5. The highest BCUT2D eigenvalue weighted by Crippen LogP contribution is 2.25. The Balaban J connectivity index is 1.67. The van der Waals surface area contributed by atoms with Gasteiger partial charge in [0.05, 0.1) is 24.9 Å². The average Bonchev–Trinajstić information content (AvgIpc) is 3.31. The molecule has 2 heterocycles. The quantitative estimate of drug-likeness (QED) is 0.409. The lowest BCUT2D eigenvalue weighted by molar-refractivity contribution is -0.120. The normalized spacial score (nSPS) is 11.0. The van der Waals surface area contributed by atoms with Crippen LogP contribution in [0.2, 0.25) is 0 Å². The van der Waals surface area contributed by atoms with Gasteiger partial charge >= 0.3 is 0 Å². The van der Waals surface area contributed by atoms with Crippen molar-refractivity contribution in [2.45, 2.75) is 13.0 Å². The topological polar surface area (TPSA) is 55.1 Å². The minimum atomic E-state index is -2.27. The maximum absolute atomic E-state index is 13.6. The van der Waals surface area contributed by atoms with Gasteiger partial charge in [-0.1, -0.05) is 0 Å². The Morgan fingerprint density at radius 1 is 1.08 bits per heavy atom. The zero-order valence-corrected chi connectivity index (χ0v) is 13.6. The van der Waals surface area contributed by atoms with Crippen LogP contribution in [0.15, 0.2) is 28.2 Å². The van der Waals surface area contributed by atoms with Gasteiger partial charge in [-0.05, 0) is 12.1 Å². The highest BCUT2D eigenvalue weighted by molar-refractivity contribution is 7.13. The molecule has 0 aliphatic rings. The van der Waals surface area contributed by atoms with Gasteiger partial charge in [0.25, 0.3) is 0 Å². The number of halogens is 5. The van der Waals surface area contributed by atoms with E-state index < -0.39 is 47.0 Å². The van der Waals surface area contributed by atoms with Crippen molar-refractivity contribution in [1.82, 2.24) is 10.3 Å². The summed E-state index contributed by atoms with van der Waals surface area (Å²) in [5, 5.41) is 4.52. The van der Waals surface area contributed by atoms with Crippen molar-refractivity contribution in [1.29, 1.82) is 0 Å². The van der Waals surface area contributed by atoms with Gasteiger partial charge in [-0.3, -0.25) is 4.79 Å². The molecule has 0 radical (unpaired) electrons. The first kappa shape index (κ1) is 18.1. The third-order valence-electron chi connectivity index (χ3n) is 3.39. The van der Waals surface area contributed by atoms with Crippen LogP contribution in [0, 0.1) is 29.1 Å². The molecule has 0 fully saturated rings. The summed E-state index contributed by atoms with van der Waals surface area (Å²) in [4.78, 5) is 16.0.